The lowest BCUT2D eigenvalue weighted by Crippen LogP contribution is -2.70. The topological polar surface area (TPSA) is 179 Å². The molecule has 2 N–H and O–H groups in total. The Morgan fingerprint density at radius 1 is 1.03 bits per heavy atom. The zero-order valence-corrected chi connectivity index (χ0v) is 36.4. The van der Waals surface area contributed by atoms with E-state index in [-0.39, 0.29) is 55.6 Å². The van der Waals surface area contributed by atoms with E-state index in [2.05, 4.69) is 12.7 Å². The summed E-state index contributed by atoms with van der Waals surface area (Å²) in [6, 6.07) is 16.0. The van der Waals surface area contributed by atoms with Gasteiger partial charge in [-0.25, -0.2) is 0 Å². The summed E-state index contributed by atoms with van der Waals surface area (Å²) in [6.07, 6.45) is 13.0. The SMILES string of the molecule is C=CCOC12Oc3ccc(Oc4ccc(OC)c(C=O)c4)cc3C3C(CCCCO)C(CCCCO)C=C(C(=NOCC)CC1N(CCC)C(=O)C=Cc1ccc([N+](=O)[O-])cc1)C32. The van der Waals surface area contributed by atoms with Gasteiger partial charge in [0.2, 0.25) is 11.7 Å². The van der Waals surface area contributed by atoms with E-state index in [1.165, 1.54) is 25.3 Å². The summed E-state index contributed by atoms with van der Waals surface area (Å²) < 4.78 is 26.1. The Morgan fingerprint density at radius 3 is 2.43 bits per heavy atom. The van der Waals surface area contributed by atoms with Crippen molar-refractivity contribution in [3.63, 3.8) is 0 Å². The highest BCUT2D eigenvalue weighted by atomic mass is 16.7. The van der Waals surface area contributed by atoms with Gasteiger partial charge in [0.1, 0.15) is 35.6 Å². The number of carbonyl (C=O) groups is 2. The number of nitrogens with zero attached hydrogens (tertiary/aromatic N) is 3. The Hall–Kier alpha value is -5.83. The summed E-state index contributed by atoms with van der Waals surface area (Å²) in [5.74, 6) is -0.524. The normalized spacial score (nSPS) is 22.9. The van der Waals surface area contributed by atoms with Crippen LogP contribution in [-0.4, -0.2) is 89.9 Å². The van der Waals surface area contributed by atoms with Crippen molar-refractivity contribution < 1.29 is 48.5 Å². The van der Waals surface area contributed by atoms with Crippen LogP contribution in [0.1, 0.15) is 92.6 Å². The second kappa shape index (κ2) is 22.0. The van der Waals surface area contributed by atoms with Gasteiger partial charge in [-0.15, -0.1) is 6.58 Å². The van der Waals surface area contributed by atoms with E-state index >= 15 is 0 Å². The number of methoxy groups -OCH3 is 1. The summed E-state index contributed by atoms with van der Waals surface area (Å²) in [5, 5.41) is 35.9. The second-order valence-corrected chi connectivity index (χ2v) is 16.0. The molecular weight excluding hydrogens is 807 g/mol. The maximum absolute atomic E-state index is 14.6. The van der Waals surface area contributed by atoms with Gasteiger partial charge in [0.05, 0.1) is 35.8 Å². The first-order valence-electron chi connectivity index (χ1n) is 21.9. The van der Waals surface area contributed by atoms with Crippen molar-refractivity contribution in [2.24, 2.45) is 22.9 Å². The molecule has 3 aromatic carbocycles. The van der Waals surface area contributed by atoms with E-state index < -0.39 is 22.7 Å². The number of amides is 1. The minimum absolute atomic E-state index is 0.000653. The van der Waals surface area contributed by atoms with Gasteiger partial charge in [-0.3, -0.25) is 19.7 Å². The molecule has 14 heteroatoms. The summed E-state index contributed by atoms with van der Waals surface area (Å²) in [5.41, 5.74) is 3.40. The molecule has 1 heterocycles. The number of oxime groups is 1. The highest BCUT2D eigenvalue weighted by molar-refractivity contribution is 6.03. The number of carbonyl (C=O) groups excluding carboxylic acids is 2. The van der Waals surface area contributed by atoms with Gasteiger partial charge in [-0.1, -0.05) is 37.1 Å². The van der Waals surface area contributed by atoms with Crippen molar-refractivity contribution >= 4 is 29.7 Å². The molecule has 336 valence electrons. The van der Waals surface area contributed by atoms with Gasteiger partial charge < -0.3 is 38.9 Å². The van der Waals surface area contributed by atoms with Crippen LogP contribution < -0.4 is 14.2 Å². The smallest absolute Gasteiger partial charge is 0.269 e. The lowest BCUT2D eigenvalue weighted by atomic mass is 9.55. The average molecular weight is 866 g/mol. The molecular formula is C49H59N3O11. The zero-order chi connectivity index (χ0) is 44.9. The number of aldehydes is 1. The predicted octanol–water partition coefficient (Wildman–Crippen LogP) is 8.81. The third kappa shape index (κ3) is 10.4. The molecule has 0 radical (unpaired) electrons. The van der Waals surface area contributed by atoms with Gasteiger partial charge in [0, 0.05) is 55.9 Å². The number of hydrogen-bond donors (Lipinski definition) is 2. The van der Waals surface area contributed by atoms with Crippen molar-refractivity contribution in [1.29, 1.82) is 0 Å². The standard InChI is InChI=1S/C49H59N3O11/c1-5-24-51(46(56)23-16-33-14-17-36(18-15-33)52(57)58)45-31-42(50-61-7-3)40-29-34(12-8-10-25-53)39(13-9-11-26-54)47-41-30-38(62-37-19-21-43(59-4)35(28-37)32-55)20-22-44(41)63-49(45,48(40)47)60-27-6-2/h6,14-23,28-30,32,34,39,45,47-48,53-54H,2,5,7-13,24-27,31H2,1,3-4H3. The molecule has 0 aromatic heterocycles. The van der Waals surface area contributed by atoms with Crippen molar-refractivity contribution in [1.82, 2.24) is 4.90 Å². The molecule has 1 amide bonds. The number of aliphatic hydroxyl groups excluding tert-OH is 2. The summed E-state index contributed by atoms with van der Waals surface area (Å²) in [6.45, 7) is 8.79. The van der Waals surface area contributed by atoms with E-state index in [1.54, 1.807) is 47.4 Å². The molecule has 2 aliphatic carbocycles. The molecule has 0 saturated heterocycles. The van der Waals surface area contributed by atoms with Crippen LogP contribution in [0.25, 0.3) is 6.08 Å². The fourth-order valence-electron chi connectivity index (χ4n) is 9.49. The molecule has 0 spiro atoms. The Kier molecular flexibility index (Phi) is 16.3. The lowest BCUT2D eigenvalue weighted by molar-refractivity contribution is -0.384. The zero-order valence-electron chi connectivity index (χ0n) is 36.4. The van der Waals surface area contributed by atoms with Crippen LogP contribution in [0.15, 0.2) is 96.2 Å². The van der Waals surface area contributed by atoms with E-state index in [1.807, 2.05) is 32.0 Å². The van der Waals surface area contributed by atoms with Crippen molar-refractivity contribution in [3.8, 4) is 23.0 Å². The molecule has 1 fully saturated rings. The molecule has 3 aliphatic rings. The molecule has 1 aliphatic heterocycles. The molecule has 6 atom stereocenters. The maximum atomic E-state index is 14.6. The summed E-state index contributed by atoms with van der Waals surface area (Å²) in [7, 11) is 1.50. The van der Waals surface area contributed by atoms with Crippen LogP contribution in [0.3, 0.4) is 0 Å². The van der Waals surface area contributed by atoms with Crippen LogP contribution in [0.4, 0.5) is 5.69 Å². The highest BCUT2D eigenvalue weighted by Gasteiger charge is 2.65. The minimum atomic E-state index is -1.45. The van der Waals surface area contributed by atoms with Crippen LogP contribution in [0.2, 0.25) is 0 Å². The van der Waals surface area contributed by atoms with Gasteiger partial charge in [-0.05, 0) is 117 Å². The fraction of sp³-hybridized carbons (Fsp3) is 0.449. The molecule has 6 rings (SSSR count). The Bertz CT molecular complexity index is 2170. The predicted molar refractivity (Wildman–Crippen MR) is 239 cm³/mol. The highest BCUT2D eigenvalue weighted by Crippen LogP contribution is 2.62. The largest absolute Gasteiger partial charge is 0.496 e. The first-order valence-corrected chi connectivity index (χ1v) is 21.9. The third-order valence-corrected chi connectivity index (χ3v) is 12.2. The van der Waals surface area contributed by atoms with Crippen LogP contribution in [0.5, 0.6) is 23.0 Å². The van der Waals surface area contributed by atoms with E-state index in [0.29, 0.717) is 72.3 Å². The third-order valence-electron chi connectivity index (χ3n) is 12.2. The maximum Gasteiger partial charge on any atom is 0.269 e. The quantitative estimate of drug-likeness (QED) is 0.0232. The van der Waals surface area contributed by atoms with Crippen LogP contribution in [-0.2, 0) is 14.4 Å². The molecule has 1 saturated carbocycles. The Morgan fingerprint density at radius 2 is 1.76 bits per heavy atom. The fourth-order valence-corrected chi connectivity index (χ4v) is 9.49. The summed E-state index contributed by atoms with van der Waals surface area (Å²) >= 11 is 0. The van der Waals surface area contributed by atoms with Crippen molar-refractivity contribution in [2.75, 3.05) is 40.1 Å². The van der Waals surface area contributed by atoms with E-state index in [0.717, 1.165) is 43.1 Å². The number of hydrogen-bond acceptors (Lipinski definition) is 12. The number of unbranched alkanes of at least 4 members (excludes halogenated alkanes) is 2. The number of fused-ring (bicyclic) bond motifs is 2. The van der Waals surface area contributed by atoms with Crippen molar-refractivity contribution in [3.05, 3.63) is 118 Å². The molecule has 63 heavy (non-hydrogen) atoms. The van der Waals surface area contributed by atoms with Gasteiger partial charge >= 0.3 is 0 Å². The number of allylic oxidation sites excluding steroid dienone is 1. The number of ether oxygens (including phenoxy) is 4. The molecule has 6 unspecified atom stereocenters. The number of rotatable bonds is 23. The summed E-state index contributed by atoms with van der Waals surface area (Å²) in [4.78, 5) is 45.0. The molecule has 3 aromatic rings. The van der Waals surface area contributed by atoms with Gasteiger partial charge in [0.25, 0.3) is 5.69 Å². The van der Waals surface area contributed by atoms with Gasteiger partial charge in [0.15, 0.2) is 6.29 Å². The van der Waals surface area contributed by atoms with E-state index in [4.69, 9.17) is 28.9 Å². The minimum Gasteiger partial charge on any atom is -0.496 e. The second-order valence-electron chi connectivity index (χ2n) is 16.0. The van der Waals surface area contributed by atoms with Gasteiger partial charge in [-0.2, -0.15) is 0 Å². The lowest BCUT2D eigenvalue weighted by Gasteiger charge is -2.60. The first-order chi connectivity index (χ1) is 30.7. The average Bonchev–Trinajstić information content (AvgIpc) is 3.30. The number of benzene rings is 3. The van der Waals surface area contributed by atoms with Crippen LogP contribution in [0, 0.1) is 27.9 Å². The van der Waals surface area contributed by atoms with E-state index in [9.17, 15) is 29.9 Å². The Labute approximate surface area is 369 Å². The number of nitro groups is 1. The Balaban J connectivity index is 1.55. The monoisotopic (exact) mass is 865 g/mol. The number of nitro benzene ring substituents is 1. The molecule has 0 bridgehead atoms. The number of aliphatic hydroxyl groups is 2. The first kappa shape index (κ1) is 46.7. The van der Waals surface area contributed by atoms with Crippen molar-refractivity contribution in [2.45, 2.75) is 83.0 Å². The van der Waals surface area contributed by atoms with Crippen LogP contribution >= 0.6 is 0 Å². The number of non-ortho nitro benzene ring substituents is 1. The molecule has 14 nitrogen and oxygen atoms in total.